The third-order valence-corrected chi connectivity index (χ3v) is 2.09. The molecule has 0 fully saturated rings. The highest BCUT2D eigenvalue weighted by molar-refractivity contribution is 5.42. The number of nitrogens with zero attached hydrogens (tertiary/aromatic N) is 4. The fourth-order valence-corrected chi connectivity index (χ4v) is 1.26. The number of benzene rings is 1. The molecular formula is C10H11N5O2. The molecule has 1 aromatic carbocycles. The molecule has 7 heteroatoms. The van der Waals surface area contributed by atoms with Crippen LogP contribution in [0, 0.1) is 11.3 Å². The summed E-state index contributed by atoms with van der Waals surface area (Å²) in [6.45, 7) is 0.586. The first-order valence-electron chi connectivity index (χ1n) is 4.84. The van der Waals surface area contributed by atoms with Crippen LogP contribution in [0.5, 0.6) is 11.5 Å². The van der Waals surface area contributed by atoms with Crippen LogP contribution in [0.15, 0.2) is 23.3 Å². The third kappa shape index (κ3) is 3.57. The van der Waals surface area contributed by atoms with Crippen LogP contribution < -0.4 is 5.32 Å². The predicted octanol–water partition coefficient (Wildman–Crippen LogP) is 1.56. The minimum absolute atomic E-state index is 0.235. The molecule has 0 bridgehead atoms. The summed E-state index contributed by atoms with van der Waals surface area (Å²) in [6, 6.07) is 5.52. The van der Waals surface area contributed by atoms with E-state index in [4.69, 9.17) is 15.9 Å². The number of rotatable bonds is 5. The van der Waals surface area contributed by atoms with Gasteiger partial charge in [-0.2, -0.15) is 5.26 Å². The lowest BCUT2D eigenvalue weighted by Gasteiger charge is -2.11. The highest BCUT2D eigenvalue weighted by atomic mass is 16.3. The van der Waals surface area contributed by atoms with Crippen molar-refractivity contribution >= 4 is 0 Å². The van der Waals surface area contributed by atoms with Crippen molar-refractivity contribution < 1.29 is 10.2 Å². The standard InChI is InChI=1S/C10H11N5O2/c11-6-8(13-3-4-14-15-12)7-1-2-9(16)10(17)5-7/h1-2,5,8,13,16-17H,3-4H2. The molecule has 7 nitrogen and oxygen atoms in total. The van der Waals surface area contributed by atoms with Crippen LogP contribution in [-0.4, -0.2) is 23.3 Å². The maximum atomic E-state index is 9.30. The molecule has 1 atom stereocenters. The Labute approximate surface area is 97.6 Å². The summed E-state index contributed by atoms with van der Waals surface area (Å²) in [5.74, 6) is -0.515. The molecule has 88 valence electrons. The molecular weight excluding hydrogens is 222 g/mol. The van der Waals surface area contributed by atoms with Gasteiger partial charge in [0.15, 0.2) is 11.5 Å². The van der Waals surface area contributed by atoms with Crippen LogP contribution in [0.4, 0.5) is 0 Å². The molecule has 0 aliphatic heterocycles. The minimum Gasteiger partial charge on any atom is -0.504 e. The molecule has 1 aromatic rings. The average Bonchev–Trinajstić information content (AvgIpc) is 2.33. The summed E-state index contributed by atoms with van der Waals surface area (Å²) >= 11 is 0. The fourth-order valence-electron chi connectivity index (χ4n) is 1.26. The zero-order valence-electron chi connectivity index (χ0n) is 8.91. The first-order chi connectivity index (χ1) is 8.19. The maximum Gasteiger partial charge on any atom is 0.157 e. The van der Waals surface area contributed by atoms with Gasteiger partial charge >= 0.3 is 0 Å². The van der Waals surface area contributed by atoms with Gasteiger partial charge in [-0.15, -0.1) is 0 Å². The van der Waals surface area contributed by atoms with E-state index in [0.717, 1.165) is 0 Å². The Morgan fingerprint density at radius 3 is 2.82 bits per heavy atom. The highest BCUT2D eigenvalue weighted by Gasteiger charge is 2.11. The van der Waals surface area contributed by atoms with Crippen molar-refractivity contribution in [3.8, 4) is 17.6 Å². The van der Waals surface area contributed by atoms with Crippen molar-refractivity contribution in [3.63, 3.8) is 0 Å². The van der Waals surface area contributed by atoms with Gasteiger partial charge in [0.2, 0.25) is 0 Å². The molecule has 0 aliphatic rings. The Morgan fingerprint density at radius 2 is 2.24 bits per heavy atom. The van der Waals surface area contributed by atoms with Gasteiger partial charge in [-0.05, 0) is 23.2 Å². The molecule has 0 spiro atoms. The number of phenols is 2. The second-order valence-corrected chi connectivity index (χ2v) is 3.22. The van der Waals surface area contributed by atoms with Crippen LogP contribution in [-0.2, 0) is 0 Å². The van der Waals surface area contributed by atoms with Gasteiger partial charge in [-0.1, -0.05) is 11.2 Å². The lowest BCUT2D eigenvalue weighted by atomic mass is 10.1. The summed E-state index contributed by atoms with van der Waals surface area (Å²) in [7, 11) is 0. The topological polar surface area (TPSA) is 125 Å². The number of nitrogens with one attached hydrogen (secondary N) is 1. The number of hydrogen-bond donors (Lipinski definition) is 3. The van der Waals surface area contributed by atoms with Crippen LogP contribution in [0.3, 0.4) is 0 Å². The summed E-state index contributed by atoms with van der Waals surface area (Å²) in [5.41, 5.74) is 8.61. The molecule has 0 aromatic heterocycles. The normalized spacial score (nSPS) is 11.2. The molecule has 0 saturated carbocycles. The van der Waals surface area contributed by atoms with Gasteiger partial charge in [-0.25, -0.2) is 0 Å². The Balaban J connectivity index is 2.70. The smallest absolute Gasteiger partial charge is 0.157 e. The van der Waals surface area contributed by atoms with Crippen LogP contribution in [0.2, 0.25) is 0 Å². The van der Waals surface area contributed by atoms with Gasteiger partial charge in [0.05, 0.1) is 6.07 Å². The molecule has 0 heterocycles. The molecule has 1 rings (SSSR count). The predicted molar refractivity (Wildman–Crippen MR) is 60.1 cm³/mol. The third-order valence-electron chi connectivity index (χ3n) is 2.09. The van der Waals surface area contributed by atoms with Crippen molar-refractivity contribution in [1.29, 1.82) is 5.26 Å². The van der Waals surface area contributed by atoms with E-state index in [1.807, 2.05) is 6.07 Å². The largest absolute Gasteiger partial charge is 0.504 e. The lowest BCUT2D eigenvalue weighted by Crippen LogP contribution is -2.22. The first kappa shape index (κ1) is 12.6. The summed E-state index contributed by atoms with van der Waals surface area (Å²) in [6.07, 6.45) is 0. The van der Waals surface area contributed by atoms with E-state index in [1.54, 1.807) is 0 Å². The monoisotopic (exact) mass is 233 g/mol. The summed E-state index contributed by atoms with van der Waals surface area (Å²) in [4.78, 5) is 2.59. The highest BCUT2D eigenvalue weighted by Crippen LogP contribution is 2.27. The molecule has 17 heavy (non-hydrogen) atoms. The van der Waals surface area contributed by atoms with Gasteiger partial charge in [-0.3, -0.25) is 5.32 Å². The van der Waals surface area contributed by atoms with Gasteiger partial charge < -0.3 is 10.2 Å². The number of azide groups is 1. The van der Waals surface area contributed by atoms with E-state index in [-0.39, 0.29) is 18.0 Å². The number of hydrogen-bond acceptors (Lipinski definition) is 5. The van der Waals surface area contributed by atoms with Gasteiger partial charge in [0.25, 0.3) is 0 Å². The second kappa shape index (κ2) is 6.23. The van der Waals surface area contributed by atoms with Gasteiger partial charge in [0, 0.05) is 18.0 Å². The first-order valence-corrected chi connectivity index (χ1v) is 4.84. The Morgan fingerprint density at radius 1 is 1.47 bits per heavy atom. The average molecular weight is 233 g/mol. The molecule has 3 N–H and O–H groups in total. The van der Waals surface area contributed by atoms with Crippen molar-refractivity contribution in [2.75, 3.05) is 13.1 Å². The van der Waals surface area contributed by atoms with E-state index < -0.39 is 6.04 Å². The van der Waals surface area contributed by atoms with E-state index in [1.165, 1.54) is 18.2 Å². The van der Waals surface area contributed by atoms with Crippen molar-refractivity contribution in [2.24, 2.45) is 5.11 Å². The molecule has 1 unspecified atom stereocenters. The summed E-state index contributed by atoms with van der Waals surface area (Å²) in [5, 5.41) is 33.5. The molecule has 0 radical (unpaired) electrons. The molecule has 0 saturated heterocycles. The molecule has 0 aliphatic carbocycles. The van der Waals surface area contributed by atoms with Crippen LogP contribution >= 0.6 is 0 Å². The minimum atomic E-state index is -0.629. The van der Waals surface area contributed by atoms with Crippen LogP contribution in [0.1, 0.15) is 11.6 Å². The zero-order chi connectivity index (χ0) is 12.7. The van der Waals surface area contributed by atoms with E-state index in [2.05, 4.69) is 15.3 Å². The second-order valence-electron chi connectivity index (χ2n) is 3.22. The zero-order valence-corrected chi connectivity index (χ0v) is 8.91. The fraction of sp³-hybridized carbons (Fsp3) is 0.300. The lowest BCUT2D eigenvalue weighted by molar-refractivity contribution is 0.402. The maximum absolute atomic E-state index is 9.30. The van der Waals surface area contributed by atoms with E-state index in [9.17, 15) is 5.11 Å². The Hall–Kier alpha value is -2.42. The quantitative estimate of drug-likeness (QED) is 0.234. The van der Waals surface area contributed by atoms with Crippen LogP contribution in [0.25, 0.3) is 10.4 Å². The van der Waals surface area contributed by atoms with E-state index >= 15 is 0 Å². The number of aromatic hydroxyl groups is 2. The summed E-state index contributed by atoms with van der Waals surface area (Å²) < 4.78 is 0. The van der Waals surface area contributed by atoms with E-state index in [0.29, 0.717) is 12.1 Å². The van der Waals surface area contributed by atoms with Gasteiger partial charge in [0.1, 0.15) is 6.04 Å². The van der Waals surface area contributed by atoms with Crippen molar-refractivity contribution in [1.82, 2.24) is 5.32 Å². The number of phenolic OH excluding ortho intramolecular Hbond substituents is 2. The van der Waals surface area contributed by atoms with Crippen molar-refractivity contribution in [2.45, 2.75) is 6.04 Å². The Kier molecular flexibility index (Phi) is 4.63. The van der Waals surface area contributed by atoms with Crippen molar-refractivity contribution in [3.05, 3.63) is 34.2 Å². The SMILES string of the molecule is N#CC(NCCN=[N+]=[N-])c1ccc(O)c(O)c1. The molecule has 0 amide bonds. The Bertz CT molecular complexity index is 476. The number of nitriles is 1.